The Morgan fingerprint density at radius 3 is 2.92 bits per heavy atom. The molecule has 3 nitrogen and oxygen atoms in total. The number of nitrogens with one attached hydrogen (secondary N) is 1. The molecule has 2 atom stereocenters. The van der Waals surface area contributed by atoms with Gasteiger partial charge in [0.15, 0.2) is 0 Å². The van der Waals surface area contributed by atoms with Crippen LogP contribution in [0.5, 0.6) is 0 Å². The lowest BCUT2D eigenvalue weighted by Crippen LogP contribution is -2.40. The van der Waals surface area contributed by atoms with E-state index in [1.54, 1.807) is 7.11 Å². The minimum Gasteiger partial charge on any atom is -0.383 e. The molecule has 12 heavy (non-hydrogen) atoms. The molecule has 0 bridgehead atoms. The van der Waals surface area contributed by atoms with Crippen molar-refractivity contribution in [2.75, 3.05) is 33.9 Å². The van der Waals surface area contributed by atoms with E-state index in [0.29, 0.717) is 12.1 Å². The molecule has 3 heteroatoms. The molecule has 0 spiro atoms. The fourth-order valence-corrected chi connectivity index (χ4v) is 1.77. The van der Waals surface area contributed by atoms with Gasteiger partial charge in [-0.2, -0.15) is 0 Å². The van der Waals surface area contributed by atoms with Gasteiger partial charge in [-0.25, -0.2) is 0 Å². The van der Waals surface area contributed by atoms with E-state index in [4.69, 9.17) is 4.74 Å². The van der Waals surface area contributed by atoms with Crippen LogP contribution in [0, 0.1) is 0 Å². The quantitative estimate of drug-likeness (QED) is 0.661. The third-order valence-corrected chi connectivity index (χ3v) is 2.33. The van der Waals surface area contributed by atoms with Crippen LogP contribution in [0.4, 0.5) is 0 Å². The van der Waals surface area contributed by atoms with Crippen molar-refractivity contribution in [1.29, 1.82) is 0 Å². The van der Waals surface area contributed by atoms with Gasteiger partial charge in [0, 0.05) is 25.7 Å². The lowest BCUT2D eigenvalue weighted by Gasteiger charge is -2.18. The topological polar surface area (TPSA) is 24.5 Å². The zero-order valence-electron chi connectivity index (χ0n) is 8.34. The number of ether oxygens (including phenoxy) is 1. The van der Waals surface area contributed by atoms with E-state index in [1.807, 2.05) is 0 Å². The molecule has 1 heterocycles. The lowest BCUT2D eigenvalue weighted by molar-refractivity contribution is 0.167. The Kier molecular flexibility index (Phi) is 3.98. The van der Waals surface area contributed by atoms with Gasteiger partial charge in [0.05, 0.1) is 6.61 Å². The number of likely N-dealkylation sites (tertiary alicyclic amines) is 1. The zero-order valence-corrected chi connectivity index (χ0v) is 8.34. The number of nitrogens with zero attached hydrogens (tertiary/aromatic N) is 1. The van der Waals surface area contributed by atoms with Crippen molar-refractivity contribution in [3.05, 3.63) is 0 Å². The van der Waals surface area contributed by atoms with Crippen LogP contribution in [0.1, 0.15) is 13.3 Å². The number of methoxy groups -OCH3 is 1. The molecular formula is C9H20N2O. The first-order valence-corrected chi connectivity index (χ1v) is 4.66. The highest BCUT2D eigenvalue weighted by atomic mass is 16.5. The normalized spacial score (nSPS) is 27.8. The molecule has 1 N–H and O–H groups in total. The smallest absolute Gasteiger partial charge is 0.0613 e. The fraction of sp³-hybridized carbons (Fsp3) is 1.00. The Morgan fingerprint density at radius 1 is 1.67 bits per heavy atom. The minimum atomic E-state index is 0.478. The Labute approximate surface area is 75.1 Å². The van der Waals surface area contributed by atoms with Crippen LogP contribution >= 0.6 is 0 Å². The molecule has 72 valence electrons. The molecule has 1 saturated heterocycles. The number of hydrogen-bond donors (Lipinski definition) is 1. The largest absolute Gasteiger partial charge is 0.383 e. The van der Waals surface area contributed by atoms with Crippen molar-refractivity contribution < 1.29 is 4.74 Å². The third-order valence-electron chi connectivity index (χ3n) is 2.33. The summed E-state index contributed by atoms with van der Waals surface area (Å²) in [5, 5.41) is 3.54. The maximum atomic E-state index is 5.06. The highest BCUT2D eigenvalue weighted by molar-refractivity contribution is 4.80. The average molecular weight is 172 g/mol. The van der Waals surface area contributed by atoms with E-state index in [-0.39, 0.29) is 0 Å². The first-order chi connectivity index (χ1) is 5.72. The average Bonchev–Trinajstić information content (AvgIpc) is 2.36. The Hall–Kier alpha value is -0.120. The van der Waals surface area contributed by atoms with Gasteiger partial charge in [-0.05, 0) is 26.9 Å². The monoisotopic (exact) mass is 172 g/mol. The Bertz CT molecular complexity index is 130. The predicted molar refractivity (Wildman–Crippen MR) is 50.4 cm³/mol. The van der Waals surface area contributed by atoms with Crippen LogP contribution in [-0.2, 0) is 4.74 Å². The second-order valence-corrected chi connectivity index (χ2v) is 3.77. The number of likely N-dealkylation sites (N-methyl/N-ethyl adjacent to an activating group) is 1. The molecule has 0 aromatic carbocycles. The molecule has 1 aliphatic heterocycles. The molecule has 1 rings (SSSR count). The van der Waals surface area contributed by atoms with Crippen molar-refractivity contribution in [2.24, 2.45) is 0 Å². The van der Waals surface area contributed by atoms with Crippen LogP contribution < -0.4 is 5.32 Å². The van der Waals surface area contributed by atoms with Gasteiger partial charge in [0.2, 0.25) is 0 Å². The molecule has 0 saturated carbocycles. The summed E-state index contributed by atoms with van der Waals surface area (Å²) < 4.78 is 5.06. The summed E-state index contributed by atoms with van der Waals surface area (Å²) in [7, 11) is 3.92. The van der Waals surface area contributed by atoms with E-state index in [2.05, 4.69) is 24.2 Å². The Morgan fingerprint density at radius 2 is 2.42 bits per heavy atom. The van der Waals surface area contributed by atoms with Crippen molar-refractivity contribution in [2.45, 2.75) is 25.4 Å². The van der Waals surface area contributed by atoms with E-state index < -0.39 is 0 Å². The van der Waals surface area contributed by atoms with Gasteiger partial charge in [0.1, 0.15) is 0 Å². The summed E-state index contributed by atoms with van der Waals surface area (Å²) in [6, 6.07) is 1.15. The fourth-order valence-electron chi connectivity index (χ4n) is 1.77. The number of rotatable bonds is 4. The van der Waals surface area contributed by atoms with E-state index in [9.17, 15) is 0 Å². The van der Waals surface area contributed by atoms with Gasteiger partial charge < -0.3 is 15.0 Å². The SMILES string of the molecule is COC[C@@H](C)N[C@H]1CCN(C)C1. The lowest BCUT2D eigenvalue weighted by atomic mass is 10.2. The number of hydrogen-bond acceptors (Lipinski definition) is 3. The molecule has 0 aromatic rings. The van der Waals surface area contributed by atoms with Crippen LogP contribution in [-0.4, -0.2) is 50.8 Å². The maximum absolute atomic E-state index is 5.06. The van der Waals surface area contributed by atoms with Crippen molar-refractivity contribution >= 4 is 0 Å². The molecular weight excluding hydrogens is 152 g/mol. The molecule has 0 radical (unpaired) electrons. The van der Waals surface area contributed by atoms with Crippen LogP contribution in [0.25, 0.3) is 0 Å². The van der Waals surface area contributed by atoms with Crippen molar-refractivity contribution in [3.8, 4) is 0 Å². The summed E-state index contributed by atoms with van der Waals surface area (Å²) in [5.41, 5.74) is 0. The van der Waals surface area contributed by atoms with E-state index in [0.717, 1.165) is 6.61 Å². The summed E-state index contributed by atoms with van der Waals surface area (Å²) >= 11 is 0. The maximum Gasteiger partial charge on any atom is 0.0613 e. The molecule has 0 amide bonds. The summed E-state index contributed by atoms with van der Waals surface area (Å²) in [5.74, 6) is 0. The molecule has 1 aliphatic rings. The minimum absolute atomic E-state index is 0.478. The van der Waals surface area contributed by atoms with Crippen molar-refractivity contribution in [1.82, 2.24) is 10.2 Å². The van der Waals surface area contributed by atoms with E-state index >= 15 is 0 Å². The van der Waals surface area contributed by atoms with Gasteiger partial charge in [-0.15, -0.1) is 0 Å². The second kappa shape index (κ2) is 4.80. The van der Waals surface area contributed by atoms with Crippen LogP contribution in [0.15, 0.2) is 0 Å². The second-order valence-electron chi connectivity index (χ2n) is 3.77. The van der Waals surface area contributed by atoms with Gasteiger partial charge in [-0.3, -0.25) is 0 Å². The first-order valence-electron chi connectivity index (χ1n) is 4.66. The highest BCUT2D eigenvalue weighted by Crippen LogP contribution is 2.06. The zero-order chi connectivity index (χ0) is 8.97. The van der Waals surface area contributed by atoms with Crippen LogP contribution in [0.2, 0.25) is 0 Å². The molecule has 0 aromatic heterocycles. The summed E-state index contributed by atoms with van der Waals surface area (Å²) in [4.78, 5) is 2.36. The highest BCUT2D eigenvalue weighted by Gasteiger charge is 2.20. The standard InChI is InChI=1S/C9H20N2O/c1-8(7-12-3)10-9-4-5-11(2)6-9/h8-10H,4-7H2,1-3H3/t8-,9+/m1/s1. The Balaban J connectivity index is 2.14. The molecule has 0 aliphatic carbocycles. The summed E-state index contributed by atoms with van der Waals surface area (Å²) in [6.45, 7) is 5.37. The molecule has 1 fully saturated rings. The van der Waals surface area contributed by atoms with E-state index in [1.165, 1.54) is 19.5 Å². The molecule has 0 unspecified atom stereocenters. The van der Waals surface area contributed by atoms with Gasteiger partial charge >= 0.3 is 0 Å². The summed E-state index contributed by atoms with van der Waals surface area (Å²) in [6.07, 6.45) is 1.27. The third kappa shape index (κ3) is 3.09. The van der Waals surface area contributed by atoms with Crippen molar-refractivity contribution in [3.63, 3.8) is 0 Å². The van der Waals surface area contributed by atoms with Gasteiger partial charge in [-0.1, -0.05) is 0 Å². The van der Waals surface area contributed by atoms with Crippen LogP contribution in [0.3, 0.4) is 0 Å². The van der Waals surface area contributed by atoms with Gasteiger partial charge in [0.25, 0.3) is 0 Å². The first kappa shape index (κ1) is 9.96. The predicted octanol–water partition coefficient (Wildman–Crippen LogP) is 0.315.